The molecule has 0 saturated carbocycles. The predicted molar refractivity (Wildman–Crippen MR) is 151 cm³/mol. The van der Waals surface area contributed by atoms with E-state index in [1.165, 1.54) is 11.1 Å². The Labute approximate surface area is 241 Å². The summed E-state index contributed by atoms with van der Waals surface area (Å²) in [6.07, 6.45) is -0.0407. The molecule has 6 saturated heterocycles. The molecule has 2 unspecified atom stereocenters. The lowest BCUT2D eigenvalue weighted by atomic mass is 9.78. The summed E-state index contributed by atoms with van der Waals surface area (Å²) in [5, 5.41) is 0. The zero-order valence-corrected chi connectivity index (χ0v) is 24.1. The second kappa shape index (κ2) is 9.42. The van der Waals surface area contributed by atoms with Crippen LogP contribution in [0.15, 0.2) is 48.5 Å². The summed E-state index contributed by atoms with van der Waals surface area (Å²) in [6.45, 7) is 10.7. The summed E-state index contributed by atoms with van der Waals surface area (Å²) < 4.78 is 50.2. The van der Waals surface area contributed by atoms with Crippen molar-refractivity contribution < 1.29 is 46.2 Å². The van der Waals surface area contributed by atoms with Gasteiger partial charge in [0.1, 0.15) is 36.9 Å². The van der Waals surface area contributed by atoms with E-state index in [1.54, 1.807) is 0 Å². The van der Waals surface area contributed by atoms with Crippen molar-refractivity contribution in [2.45, 2.75) is 31.5 Å². The van der Waals surface area contributed by atoms with Crippen LogP contribution in [0.4, 0.5) is 0 Å². The summed E-state index contributed by atoms with van der Waals surface area (Å²) in [6, 6.07) is 16.8. The summed E-state index contributed by atoms with van der Waals surface area (Å²) in [7, 11) is 0. The predicted octanol–water partition coefficient (Wildman–Crippen LogP) is 2.19. The Hall–Kier alpha value is -2.15. The van der Waals surface area contributed by atoms with Gasteiger partial charge >= 0.3 is 13.8 Å². The number of hydrogen-bond acceptors (Lipinski definition) is 8. The standard InChI is InChI=1S/C29H40B2N2O8/c1-29(2,23-3-7-25(8-4-23)34-21-27-19-32-11-15-36-30(32,40-27)37-16-12-32)24-5-9-26(10-6-24)35-22-28-20-33-13-17-38-31(33,41-28)39-18-14-33/h3-10,27-28H,11-22H2,1-2H3. The van der Waals surface area contributed by atoms with E-state index in [1.807, 2.05) is 24.3 Å². The van der Waals surface area contributed by atoms with Crippen molar-refractivity contribution in [2.24, 2.45) is 0 Å². The molecule has 0 bridgehead atoms. The van der Waals surface area contributed by atoms with Crippen LogP contribution < -0.4 is 9.47 Å². The molecule has 0 aliphatic carbocycles. The van der Waals surface area contributed by atoms with Gasteiger partial charge in [0.25, 0.3) is 0 Å². The van der Waals surface area contributed by atoms with Gasteiger partial charge in [-0.25, -0.2) is 0 Å². The number of hydrogen-bond donors (Lipinski definition) is 0. The Balaban J connectivity index is 0.858. The summed E-state index contributed by atoms with van der Waals surface area (Å²) in [4.78, 5) is 0. The lowest BCUT2D eigenvalue weighted by Crippen LogP contribution is -2.59. The molecule has 6 fully saturated rings. The van der Waals surface area contributed by atoms with E-state index < -0.39 is 13.8 Å². The minimum Gasteiger partial charge on any atom is -0.491 e. The normalized spacial score (nSPS) is 39.0. The molecular weight excluding hydrogens is 526 g/mol. The molecule has 2 atom stereocenters. The van der Waals surface area contributed by atoms with E-state index in [-0.39, 0.29) is 17.6 Å². The average Bonchev–Trinajstić information content (AvgIpc) is 3.73. The molecule has 0 N–H and O–H groups in total. The molecule has 10 nitrogen and oxygen atoms in total. The molecule has 6 aliphatic rings. The smallest absolute Gasteiger partial charge is 0.491 e. The van der Waals surface area contributed by atoms with Gasteiger partial charge in [0.05, 0.1) is 65.7 Å². The molecule has 2 aromatic rings. The number of quaternary nitrogens is 2. The molecule has 12 heteroatoms. The number of nitrogens with zero attached hydrogens (tertiary/aromatic N) is 2. The minimum absolute atomic E-state index is 0.0204. The van der Waals surface area contributed by atoms with Gasteiger partial charge in [-0.05, 0) is 35.4 Å². The highest BCUT2D eigenvalue weighted by molar-refractivity contribution is 6.54. The topological polar surface area (TPSA) is 73.8 Å². The van der Waals surface area contributed by atoms with Crippen LogP contribution in [-0.4, -0.2) is 114 Å². The maximum Gasteiger partial charge on any atom is 0.625 e. The fourth-order valence-corrected chi connectivity index (χ4v) is 8.21. The summed E-state index contributed by atoms with van der Waals surface area (Å²) in [5.74, 6) is 1.68. The maximum atomic E-state index is 6.27. The van der Waals surface area contributed by atoms with Crippen LogP contribution >= 0.6 is 0 Å². The highest BCUT2D eigenvalue weighted by Crippen LogP contribution is 2.43. The molecular formula is C29H40B2N2O8. The van der Waals surface area contributed by atoms with Crippen molar-refractivity contribution in [3.05, 3.63) is 59.7 Å². The third kappa shape index (κ3) is 4.03. The third-order valence-corrected chi connectivity index (χ3v) is 10.7. The van der Waals surface area contributed by atoms with Crippen molar-refractivity contribution in [2.75, 3.05) is 78.9 Å². The first-order chi connectivity index (χ1) is 19.9. The zero-order chi connectivity index (χ0) is 27.8. The molecule has 0 aromatic heterocycles. The Morgan fingerprint density at radius 3 is 1.34 bits per heavy atom. The Kier molecular flexibility index (Phi) is 6.09. The van der Waals surface area contributed by atoms with Crippen LogP contribution in [0.25, 0.3) is 0 Å². The largest absolute Gasteiger partial charge is 0.625 e. The van der Waals surface area contributed by atoms with Gasteiger partial charge in [-0.2, -0.15) is 0 Å². The van der Waals surface area contributed by atoms with Gasteiger partial charge < -0.3 is 46.2 Å². The van der Waals surface area contributed by atoms with Gasteiger partial charge in [0.2, 0.25) is 0 Å². The van der Waals surface area contributed by atoms with Crippen molar-refractivity contribution in [1.82, 2.24) is 0 Å². The Bertz CT molecular complexity index is 1140. The first kappa shape index (κ1) is 26.5. The van der Waals surface area contributed by atoms with Crippen LogP contribution in [0.1, 0.15) is 25.0 Å². The zero-order valence-electron chi connectivity index (χ0n) is 24.1. The monoisotopic (exact) mass is 566 g/mol. The number of ether oxygens (including phenoxy) is 2. The van der Waals surface area contributed by atoms with Gasteiger partial charge in [-0.15, -0.1) is 0 Å². The second-order valence-electron chi connectivity index (χ2n) is 13.2. The lowest BCUT2D eigenvalue weighted by Gasteiger charge is -2.37. The number of benzene rings is 2. The van der Waals surface area contributed by atoms with E-state index in [0.717, 1.165) is 59.6 Å². The second-order valence-corrected chi connectivity index (χ2v) is 13.2. The first-order valence-corrected chi connectivity index (χ1v) is 15.2. The molecule has 41 heavy (non-hydrogen) atoms. The van der Waals surface area contributed by atoms with Gasteiger partial charge in [0.15, 0.2) is 0 Å². The molecule has 6 heterocycles. The lowest BCUT2D eigenvalue weighted by molar-refractivity contribution is -0.816. The van der Waals surface area contributed by atoms with E-state index in [2.05, 4.69) is 38.1 Å². The molecule has 8 rings (SSSR count). The molecule has 0 radical (unpaired) electrons. The fourth-order valence-electron chi connectivity index (χ4n) is 8.21. The average molecular weight is 566 g/mol. The van der Waals surface area contributed by atoms with E-state index in [0.29, 0.717) is 39.6 Å². The third-order valence-electron chi connectivity index (χ3n) is 10.7. The highest BCUT2D eigenvalue weighted by atomic mass is 16.8. The summed E-state index contributed by atoms with van der Waals surface area (Å²) in [5.41, 5.74) is 2.26. The molecule has 0 amide bonds. The minimum atomic E-state index is -1.64. The van der Waals surface area contributed by atoms with E-state index >= 15 is 0 Å². The van der Waals surface area contributed by atoms with Crippen LogP contribution in [0, 0.1) is 0 Å². The van der Waals surface area contributed by atoms with Gasteiger partial charge in [-0.1, -0.05) is 38.1 Å². The van der Waals surface area contributed by atoms with E-state index in [4.69, 9.17) is 37.4 Å². The summed E-state index contributed by atoms with van der Waals surface area (Å²) >= 11 is 0. The fraction of sp³-hybridized carbons (Fsp3) is 0.586. The molecule has 0 spiro atoms. The van der Waals surface area contributed by atoms with Crippen LogP contribution in [0.5, 0.6) is 11.5 Å². The van der Waals surface area contributed by atoms with Crippen LogP contribution in [-0.2, 0) is 33.3 Å². The van der Waals surface area contributed by atoms with Crippen molar-refractivity contribution in [1.29, 1.82) is 0 Å². The van der Waals surface area contributed by atoms with E-state index in [9.17, 15) is 0 Å². The maximum absolute atomic E-state index is 6.27. The van der Waals surface area contributed by atoms with Gasteiger partial charge in [0, 0.05) is 5.41 Å². The molecule has 220 valence electrons. The first-order valence-electron chi connectivity index (χ1n) is 15.2. The molecule has 2 aromatic carbocycles. The number of rotatable bonds is 8. The van der Waals surface area contributed by atoms with Crippen molar-refractivity contribution >= 4 is 13.8 Å². The van der Waals surface area contributed by atoms with Gasteiger partial charge in [-0.3, -0.25) is 0 Å². The molecule has 6 aliphatic heterocycles. The van der Waals surface area contributed by atoms with Crippen molar-refractivity contribution in [3.63, 3.8) is 0 Å². The quantitative estimate of drug-likeness (QED) is 0.451. The SMILES string of the molecule is CC(C)(c1ccc(OCC2C[N+]34CCO[B-]3(OCC4)O2)cc1)c1ccc(OCC2C[N+]34CCO[B-]3(OCC4)O2)cc1. The Morgan fingerprint density at radius 2 is 1.00 bits per heavy atom. The van der Waals surface area contributed by atoms with Crippen LogP contribution in [0.2, 0.25) is 0 Å². The van der Waals surface area contributed by atoms with Crippen LogP contribution in [0.3, 0.4) is 0 Å². The Morgan fingerprint density at radius 1 is 0.634 bits per heavy atom. The van der Waals surface area contributed by atoms with Crippen molar-refractivity contribution in [3.8, 4) is 11.5 Å². The highest BCUT2D eigenvalue weighted by Gasteiger charge is 2.67.